The number of carbonyl (C=O) groups is 4. The van der Waals surface area contributed by atoms with Crippen molar-refractivity contribution in [2.24, 2.45) is 18.9 Å². The number of carboxylic acid groups (broad SMARTS) is 1. The summed E-state index contributed by atoms with van der Waals surface area (Å²) >= 11 is 0. The van der Waals surface area contributed by atoms with E-state index in [2.05, 4.69) is 46.1 Å². The van der Waals surface area contributed by atoms with Gasteiger partial charge in [-0.2, -0.15) is 13.2 Å². The van der Waals surface area contributed by atoms with Gasteiger partial charge >= 0.3 is 11.9 Å². The number of anilines is 1. The van der Waals surface area contributed by atoms with E-state index in [4.69, 9.17) is 9.90 Å². The highest BCUT2D eigenvalue weighted by Gasteiger charge is 2.40. The fraction of sp³-hybridized carbons (Fsp3) is 0.528. The first-order valence-electron chi connectivity index (χ1n) is 26.0. The minimum Gasteiger partial charge on any atom is -0.483 e. The minimum absolute atomic E-state index is 0.0299. The number of piperazine rings is 2. The van der Waals surface area contributed by atoms with E-state index < -0.39 is 29.4 Å². The van der Waals surface area contributed by atoms with E-state index in [1.807, 2.05) is 41.9 Å². The fourth-order valence-corrected chi connectivity index (χ4v) is 12.0. The Morgan fingerprint density at radius 2 is 1.51 bits per heavy atom. The van der Waals surface area contributed by atoms with Crippen LogP contribution >= 0.6 is 0 Å². The molecule has 4 saturated heterocycles. The number of halogens is 3. The van der Waals surface area contributed by atoms with Crippen LogP contribution in [0.25, 0.3) is 11.2 Å². The smallest absolute Gasteiger partial charge is 0.418 e. The number of rotatable bonds is 13. The topological polar surface area (TPSA) is 177 Å². The monoisotopic (exact) mass is 1020 g/mol. The Morgan fingerprint density at radius 3 is 2.18 bits per heavy atom. The molecule has 74 heavy (non-hydrogen) atoms. The lowest BCUT2D eigenvalue weighted by molar-refractivity contribution is -0.137. The SMILES string of the molecule is Cn1cnnc1[C@@H](c1cccc(-n2cc3c(C(F)(F)F)cc(CN4CCN(CCN5CCC(CN6CCN(c7ccc8c(c7)CN([C@H]7CCC(=O)NC7=O)C8=O)CC6)CC5)CC4)cn3c2=O)c1)C1CCC1.O=CO. The molecule has 5 fully saturated rings. The predicted octanol–water partition coefficient (Wildman–Crippen LogP) is 4.28. The van der Waals surface area contributed by atoms with Crippen LogP contribution in [0.5, 0.6) is 0 Å². The maximum Gasteiger partial charge on any atom is 0.418 e. The number of hydrogen-bond acceptors (Lipinski definition) is 12. The molecular weight excluding hydrogens is 958 g/mol. The van der Waals surface area contributed by atoms with Gasteiger partial charge in [0.25, 0.3) is 12.4 Å². The number of piperidine rings is 2. The lowest BCUT2D eigenvalue weighted by Crippen LogP contribution is -2.52. The van der Waals surface area contributed by atoms with Crippen LogP contribution in [0, 0.1) is 11.8 Å². The standard InChI is InChI=1S/C52H63F3N12O4.CH2O2/c1-59-34-56-58-48(59)47(37-4-2-5-37)38-6-3-7-41(27-38)65-33-45-43(52(53,54)55)26-36(31-67(45)51(65)71)30-62-20-18-61(19-21-62)17-16-60-14-12-35(13-15-60)29-63-22-24-64(25-23-63)40-8-9-42-39(28-40)32-66(50(42)70)44-10-11-46(68)57-49(44)69;2-1-3/h3,6-9,26-28,31,33-35,37,44,47H,2,4-5,10-25,29-30,32H2,1H3,(H,57,68,69);1H,(H,2,3)/t44-,47+;/m0./s1. The summed E-state index contributed by atoms with van der Waals surface area (Å²) in [5.74, 6) is 1.02. The van der Waals surface area contributed by atoms with Crippen molar-refractivity contribution >= 4 is 35.4 Å². The average molecular weight is 1020 g/mol. The largest absolute Gasteiger partial charge is 0.483 e. The van der Waals surface area contributed by atoms with E-state index in [0.29, 0.717) is 48.2 Å². The van der Waals surface area contributed by atoms with Crippen molar-refractivity contribution in [1.82, 2.24) is 53.5 Å². The fourth-order valence-electron chi connectivity index (χ4n) is 12.0. The molecule has 21 heteroatoms. The molecule has 6 aliphatic rings. The van der Waals surface area contributed by atoms with Crippen molar-refractivity contribution in [3.63, 3.8) is 0 Å². The molecule has 0 unspecified atom stereocenters. The molecule has 18 nitrogen and oxygen atoms in total. The van der Waals surface area contributed by atoms with Crippen molar-refractivity contribution < 1.29 is 37.5 Å². The number of aromatic nitrogens is 5. The van der Waals surface area contributed by atoms with Crippen LogP contribution in [0.15, 0.2) is 72.0 Å². The molecule has 11 rings (SSSR count). The van der Waals surface area contributed by atoms with Gasteiger partial charge < -0.3 is 24.4 Å². The van der Waals surface area contributed by atoms with E-state index in [9.17, 15) is 32.3 Å². The summed E-state index contributed by atoms with van der Waals surface area (Å²) in [5, 5.41) is 17.8. The highest BCUT2D eigenvalue weighted by Crippen LogP contribution is 2.43. The summed E-state index contributed by atoms with van der Waals surface area (Å²) in [6, 6.07) is 14.2. The molecule has 0 bridgehead atoms. The Kier molecular flexibility index (Phi) is 15.1. The zero-order valence-corrected chi connectivity index (χ0v) is 41.8. The number of nitrogens with one attached hydrogen (secondary N) is 1. The number of imidazole rings is 1. The van der Waals surface area contributed by atoms with Gasteiger partial charge in [-0.15, -0.1) is 10.2 Å². The number of pyridine rings is 1. The third-order valence-electron chi connectivity index (χ3n) is 16.4. The van der Waals surface area contributed by atoms with Gasteiger partial charge in [-0.25, -0.2) is 4.79 Å². The van der Waals surface area contributed by atoms with Crippen molar-refractivity contribution in [1.29, 1.82) is 0 Å². The van der Waals surface area contributed by atoms with Crippen LogP contribution in [0.2, 0.25) is 0 Å². The number of likely N-dealkylation sites (tertiary alicyclic amines) is 1. The summed E-state index contributed by atoms with van der Waals surface area (Å²) < 4.78 is 48.6. The molecule has 3 amide bonds. The molecule has 1 saturated carbocycles. The lowest BCUT2D eigenvalue weighted by Gasteiger charge is -2.40. The Hall–Kier alpha value is -6.42. The van der Waals surface area contributed by atoms with Crippen molar-refractivity contribution in [3.8, 4) is 5.69 Å². The van der Waals surface area contributed by atoms with E-state index in [1.165, 1.54) is 34.1 Å². The van der Waals surface area contributed by atoms with Crippen LogP contribution < -0.4 is 15.9 Å². The van der Waals surface area contributed by atoms with Gasteiger partial charge in [0.1, 0.15) is 18.2 Å². The van der Waals surface area contributed by atoms with Gasteiger partial charge in [0.05, 0.1) is 16.8 Å². The molecule has 2 atom stereocenters. The van der Waals surface area contributed by atoms with Gasteiger partial charge in [0.2, 0.25) is 11.8 Å². The summed E-state index contributed by atoms with van der Waals surface area (Å²) in [5.41, 5.74) is 3.10. The first-order chi connectivity index (χ1) is 35.7. The van der Waals surface area contributed by atoms with E-state index in [-0.39, 0.29) is 36.1 Å². The second kappa shape index (κ2) is 21.8. The second-order valence-corrected chi connectivity index (χ2v) is 20.9. The van der Waals surface area contributed by atoms with Gasteiger partial charge in [-0.05, 0) is 110 Å². The summed E-state index contributed by atoms with van der Waals surface area (Å²) in [4.78, 5) is 73.5. The van der Waals surface area contributed by atoms with Crippen LogP contribution in [-0.4, -0.2) is 169 Å². The summed E-state index contributed by atoms with van der Waals surface area (Å²) in [6.07, 6.45) is 6.13. The maximum absolute atomic E-state index is 14.7. The second-order valence-electron chi connectivity index (χ2n) is 20.9. The number of hydrogen-bond donors (Lipinski definition) is 2. The van der Waals surface area contributed by atoms with Crippen molar-refractivity contribution in [2.75, 3.05) is 90.0 Å². The van der Waals surface area contributed by atoms with Gasteiger partial charge in [-0.1, -0.05) is 18.6 Å². The molecule has 5 aliphatic heterocycles. The highest BCUT2D eigenvalue weighted by molar-refractivity contribution is 6.05. The Morgan fingerprint density at radius 1 is 0.811 bits per heavy atom. The number of benzene rings is 2. The Balaban J connectivity index is 0.00000204. The third-order valence-corrected chi connectivity index (χ3v) is 16.4. The first kappa shape index (κ1) is 51.1. The minimum atomic E-state index is -4.64. The van der Waals surface area contributed by atoms with E-state index in [1.54, 1.807) is 23.5 Å². The number of fused-ring (bicyclic) bond motifs is 2. The van der Waals surface area contributed by atoms with Crippen LogP contribution in [-0.2, 0) is 40.7 Å². The number of carbonyl (C=O) groups excluding carboxylic acids is 3. The number of imide groups is 1. The van der Waals surface area contributed by atoms with Crippen LogP contribution in [0.4, 0.5) is 18.9 Å². The third kappa shape index (κ3) is 10.9. The molecule has 3 aromatic heterocycles. The Bertz CT molecular complexity index is 2910. The zero-order valence-electron chi connectivity index (χ0n) is 41.8. The van der Waals surface area contributed by atoms with Crippen molar-refractivity contribution in [2.45, 2.75) is 76.2 Å². The van der Waals surface area contributed by atoms with Gasteiger partial charge in [0, 0.05) is 128 Å². The van der Waals surface area contributed by atoms with Gasteiger partial charge in [0.15, 0.2) is 0 Å². The normalized spacial score (nSPS) is 21.4. The number of nitrogens with zero attached hydrogens (tertiary/aromatic N) is 11. The van der Waals surface area contributed by atoms with Crippen molar-refractivity contribution in [3.05, 3.63) is 111 Å². The number of amides is 3. The maximum atomic E-state index is 14.7. The molecule has 2 N–H and O–H groups in total. The first-order valence-corrected chi connectivity index (χ1v) is 26.0. The molecule has 1 aliphatic carbocycles. The molecule has 394 valence electrons. The number of alkyl halides is 3. The summed E-state index contributed by atoms with van der Waals surface area (Å²) in [6.45, 7) is 12.6. The number of aryl methyl sites for hydroxylation is 1. The molecule has 0 radical (unpaired) electrons. The molecule has 2 aromatic carbocycles. The van der Waals surface area contributed by atoms with E-state index in [0.717, 1.165) is 127 Å². The average Bonchev–Trinajstić information content (AvgIpc) is 4.06. The predicted molar refractivity (Wildman–Crippen MR) is 269 cm³/mol. The quantitative estimate of drug-likeness (QED) is 0.126. The molecular formula is C53H65F3N12O6. The molecule has 5 aromatic rings. The highest BCUT2D eigenvalue weighted by atomic mass is 19.4. The zero-order chi connectivity index (χ0) is 51.7. The van der Waals surface area contributed by atoms with Crippen LogP contribution in [0.1, 0.15) is 89.3 Å². The Labute approximate surface area is 427 Å². The molecule has 8 heterocycles. The van der Waals surface area contributed by atoms with E-state index >= 15 is 0 Å². The van der Waals surface area contributed by atoms with Crippen LogP contribution in [0.3, 0.4) is 0 Å². The lowest BCUT2D eigenvalue weighted by atomic mass is 9.72. The van der Waals surface area contributed by atoms with Gasteiger partial charge in [-0.3, -0.25) is 48.2 Å². The summed E-state index contributed by atoms with van der Waals surface area (Å²) in [7, 11) is 1.91. The molecule has 0 spiro atoms.